The number of nitrogen functional groups attached to an aromatic ring is 1. The Morgan fingerprint density at radius 2 is 1.88 bits per heavy atom. The van der Waals surface area contributed by atoms with Crippen molar-refractivity contribution in [3.05, 3.63) is 39.8 Å². The number of halogens is 2. The molecular formula is C10H7FIN3O. The Labute approximate surface area is 105 Å². The molecule has 0 fully saturated rings. The van der Waals surface area contributed by atoms with Crippen LogP contribution in [0.1, 0.15) is 0 Å². The zero-order valence-electron chi connectivity index (χ0n) is 8.02. The second-order valence-corrected chi connectivity index (χ2v) is 4.19. The summed E-state index contributed by atoms with van der Waals surface area (Å²) in [7, 11) is 0. The summed E-state index contributed by atoms with van der Waals surface area (Å²) in [6.07, 6.45) is 0. The average molecular weight is 331 g/mol. The van der Waals surface area contributed by atoms with Gasteiger partial charge in [0, 0.05) is 3.57 Å². The summed E-state index contributed by atoms with van der Waals surface area (Å²) < 4.78 is 19.3. The summed E-state index contributed by atoms with van der Waals surface area (Å²) in [6, 6.07) is 8.35. The molecule has 0 saturated carbocycles. The van der Waals surface area contributed by atoms with Crippen LogP contribution in [0.3, 0.4) is 0 Å². The fourth-order valence-electron chi connectivity index (χ4n) is 1.09. The van der Waals surface area contributed by atoms with Gasteiger partial charge in [-0.15, -0.1) is 0 Å². The van der Waals surface area contributed by atoms with Crippen LogP contribution in [0.4, 0.5) is 10.3 Å². The number of aromatic nitrogens is 2. The molecule has 2 aromatic rings. The smallest absolute Gasteiger partial charge is 0.227 e. The van der Waals surface area contributed by atoms with Gasteiger partial charge in [0.25, 0.3) is 0 Å². The maximum atomic E-state index is 12.9. The molecule has 2 rings (SSSR count). The third-order valence-corrected chi connectivity index (χ3v) is 2.44. The van der Waals surface area contributed by atoms with Crippen molar-refractivity contribution in [1.82, 2.24) is 9.97 Å². The van der Waals surface area contributed by atoms with Gasteiger partial charge < -0.3 is 10.5 Å². The average Bonchev–Trinajstić information content (AvgIpc) is 2.20. The lowest BCUT2D eigenvalue weighted by Gasteiger charge is -2.04. The van der Waals surface area contributed by atoms with E-state index in [1.165, 1.54) is 0 Å². The van der Waals surface area contributed by atoms with Crippen LogP contribution in [0.25, 0.3) is 0 Å². The minimum atomic E-state index is -0.715. The maximum Gasteiger partial charge on any atom is 0.227 e. The van der Waals surface area contributed by atoms with Crippen LogP contribution < -0.4 is 10.5 Å². The molecule has 1 aromatic heterocycles. The number of hydrogen-bond donors (Lipinski definition) is 1. The largest absolute Gasteiger partial charge is 0.439 e. The summed E-state index contributed by atoms with van der Waals surface area (Å²) in [5.74, 6) is -0.211. The topological polar surface area (TPSA) is 61.0 Å². The summed E-state index contributed by atoms with van der Waals surface area (Å²) in [6.45, 7) is 0. The Balaban J connectivity index is 2.23. The van der Waals surface area contributed by atoms with Crippen LogP contribution in [-0.2, 0) is 0 Å². The van der Waals surface area contributed by atoms with Crippen LogP contribution in [0.2, 0.25) is 0 Å². The van der Waals surface area contributed by atoms with Crippen molar-refractivity contribution in [2.75, 3.05) is 5.73 Å². The highest BCUT2D eigenvalue weighted by atomic mass is 127. The monoisotopic (exact) mass is 331 g/mol. The zero-order valence-corrected chi connectivity index (χ0v) is 10.2. The number of ether oxygens (including phenoxy) is 1. The predicted molar refractivity (Wildman–Crippen MR) is 65.6 cm³/mol. The standard InChI is InChI=1S/C10H7FIN3O/c11-8-5-9(15-10(13)14-8)16-7-3-1-6(12)2-4-7/h1-5H,(H2,13,14,15). The Hall–Kier alpha value is -1.44. The molecule has 0 aliphatic carbocycles. The van der Waals surface area contributed by atoms with E-state index in [1.54, 1.807) is 12.1 Å². The van der Waals surface area contributed by atoms with Crippen molar-refractivity contribution in [2.45, 2.75) is 0 Å². The first-order chi connectivity index (χ1) is 7.63. The van der Waals surface area contributed by atoms with Gasteiger partial charge in [0.2, 0.25) is 17.8 Å². The van der Waals surface area contributed by atoms with Gasteiger partial charge in [0.05, 0.1) is 6.07 Å². The lowest BCUT2D eigenvalue weighted by atomic mass is 10.3. The van der Waals surface area contributed by atoms with E-state index in [1.807, 2.05) is 12.1 Å². The maximum absolute atomic E-state index is 12.9. The molecule has 1 heterocycles. The normalized spacial score (nSPS) is 10.1. The fourth-order valence-corrected chi connectivity index (χ4v) is 1.45. The Morgan fingerprint density at radius 1 is 1.19 bits per heavy atom. The summed E-state index contributed by atoms with van der Waals surface area (Å²) >= 11 is 2.18. The first-order valence-corrected chi connectivity index (χ1v) is 5.45. The van der Waals surface area contributed by atoms with Gasteiger partial charge in [-0.2, -0.15) is 14.4 Å². The van der Waals surface area contributed by atoms with Crippen LogP contribution in [0, 0.1) is 9.52 Å². The lowest BCUT2D eigenvalue weighted by Crippen LogP contribution is -1.99. The molecule has 2 N–H and O–H groups in total. The molecule has 0 bridgehead atoms. The van der Waals surface area contributed by atoms with E-state index in [4.69, 9.17) is 10.5 Å². The van der Waals surface area contributed by atoms with Crippen LogP contribution in [0.5, 0.6) is 11.6 Å². The van der Waals surface area contributed by atoms with Crippen molar-refractivity contribution in [2.24, 2.45) is 0 Å². The molecule has 1 aromatic carbocycles. The lowest BCUT2D eigenvalue weighted by molar-refractivity contribution is 0.452. The van der Waals surface area contributed by atoms with E-state index in [0.29, 0.717) is 5.75 Å². The molecule has 0 radical (unpaired) electrons. The Kier molecular flexibility index (Phi) is 3.18. The Bertz CT molecular complexity index is 484. The minimum Gasteiger partial charge on any atom is -0.439 e. The molecular weight excluding hydrogens is 324 g/mol. The van der Waals surface area contributed by atoms with E-state index < -0.39 is 5.95 Å². The highest BCUT2D eigenvalue weighted by Gasteiger charge is 2.03. The molecule has 0 aliphatic rings. The van der Waals surface area contributed by atoms with Crippen molar-refractivity contribution in [1.29, 1.82) is 0 Å². The van der Waals surface area contributed by atoms with Crippen LogP contribution in [-0.4, -0.2) is 9.97 Å². The van der Waals surface area contributed by atoms with E-state index in [-0.39, 0.29) is 11.8 Å². The third kappa shape index (κ3) is 2.78. The first-order valence-electron chi connectivity index (χ1n) is 4.37. The third-order valence-electron chi connectivity index (χ3n) is 1.72. The number of hydrogen-bond acceptors (Lipinski definition) is 4. The van der Waals surface area contributed by atoms with E-state index in [9.17, 15) is 4.39 Å². The molecule has 4 nitrogen and oxygen atoms in total. The van der Waals surface area contributed by atoms with Gasteiger partial charge in [-0.05, 0) is 46.9 Å². The second-order valence-electron chi connectivity index (χ2n) is 2.94. The van der Waals surface area contributed by atoms with E-state index in [2.05, 4.69) is 32.6 Å². The van der Waals surface area contributed by atoms with Gasteiger partial charge in [-0.25, -0.2) is 0 Å². The summed E-state index contributed by atoms with van der Waals surface area (Å²) in [4.78, 5) is 7.06. The van der Waals surface area contributed by atoms with Gasteiger partial charge in [0.1, 0.15) is 5.75 Å². The van der Waals surface area contributed by atoms with E-state index in [0.717, 1.165) is 9.64 Å². The summed E-state index contributed by atoms with van der Waals surface area (Å²) in [5, 5.41) is 0. The molecule has 0 unspecified atom stereocenters. The van der Waals surface area contributed by atoms with Gasteiger partial charge in [-0.1, -0.05) is 0 Å². The second kappa shape index (κ2) is 4.60. The highest BCUT2D eigenvalue weighted by molar-refractivity contribution is 14.1. The molecule has 0 amide bonds. The van der Waals surface area contributed by atoms with Crippen LogP contribution >= 0.6 is 22.6 Å². The van der Waals surface area contributed by atoms with Crippen molar-refractivity contribution >= 4 is 28.5 Å². The SMILES string of the molecule is Nc1nc(F)cc(Oc2ccc(I)cc2)n1. The molecule has 0 atom stereocenters. The van der Waals surface area contributed by atoms with Crippen molar-refractivity contribution in [3.63, 3.8) is 0 Å². The number of benzene rings is 1. The molecule has 82 valence electrons. The predicted octanol–water partition coefficient (Wildman–Crippen LogP) is 2.59. The Morgan fingerprint density at radius 3 is 2.50 bits per heavy atom. The molecule has 0 spiro atoms. The number of anilines is 1. The fraction of sp³-hybridized carbons (Fsp3) is 0. The number of nitrogens with two attached hydrogens (primary N) is 1. The number of nitrogens with zero attached hydrogens (tertiary/aromatic N) is 2. The van der Waals surface area contributed by atoms with Crippen LogP contribution in [0.15, 0.2) is 30.3 Å². The summed E-state index contributed by atoms with van der Waals surface area (Å²) in [5.41, 5.74) is 5.29. The molecule has 0 aliphatic heterocycles. The molecule has 0 saturated heterocycles. The van der Waals surface area contributed by atoms with Gasteiger partial charge in [-0.3, -0.25) is 0 Å². The van der Waals surface area contributed by atoms with Gasteiger partial charge in [0.15, 0.2) is 0 Å². The highest BCUT2D eigenvalue weighted by Crippen LogP contribution is 2.21. The quantitative estimate of drug-likeness (QED) is 0.679. The number of rotatable bonds is 2. The molecule has 16 heavy (non-hydrogen) atoms. The van der Waals surface area contributed by atoms with Crippen molar-refractivity contribution in [3.8, 4) is 11.6 Å². The minimum absolute atomic E-state index is 0.0891. The van der Waals surface area contributed by atoms with E-state index >= 15 is 0 Å². The van der Waals surface area contributed by atoms with Crippen molar-refractivity contribution < 1.29 is 9.13 Å². The zero-order chi connectivity index (χ0) is 11.5. The first kappa shape index (κ1) is 11.1. The molecule has 6 heteroatoms. The van der Waals surface area contributed by atoms with Gasteiger partial charge >= 0.3 is 0 Å².